The number of nitrogen functional groups attached to an aromatic ring is 1. The molecular weight excluding hydrogens is 372 g/mol. The van der Waals surface area contributed by atoms with Gasteiger partial charge in [0.15, 0.2) is 17.4 Å². The topological polar surface area (TPSA) is 193 Å². The summed E-state index contributed by atoms with van der Waals surface area (Å²) in [6.45, 7) is 2.24. The zero-order chi connectivity index (χ0) is 20.8. The summed E-state index contributed by atoms with van der Waals surface area (Å²) in [5.41, 5.74) is 3.33. The fraction of sp³-hybridized carbons (Fsp3) is 0.500. The summed E-state index contributed by atoms with van der Waals surface area (Å²) in [4.78, 5) is 21.0. The van der Waals surface area contributed by atoms with E-state index in [1.807, 2.05) is 0 Å². The Kier molecular flexibility index (Phi) is 4.96. The van der Waals surface area contributed by atoms with E-state index in [-0.39, 0.29) is 22.8 Å². The number of ether oxygens (including phenoxy) is 1. The van der Waals surface area contributed by atoms with Crippen molar-refractivity contribution < 1.29 is 25.2 Å². The van der Waals surface area contributed by atoms with Gasteiger partial charge in [-0.1, -0.05) is 0 Å². The van der Waals surface area contributed by atoms with Crippen LogP contribution in [0.5, 0.6) is 0 Å². The van der Waals surface area contributed by atoms with Crippen LogP contribution in [0.2, 0.25) is 0 Å². The molecule has 0 aliphatic carbocycles. The molecule has 150 valence electrons. The Morgan fingerprint density at radius 1 is 1.46 bits per heavy atom. The lowest BCUT2D eigenvalue weighted by molar-refractivity contribution is -0.0511. The molecule has 6 N–H and O–H groups in total. The predicted molar refractivity (Wildman–Crippen MR) is 95.4 cm³/mol. The Morgan fingerprint density at radius 2 is 2.14 bits per heavy atom. The Bertz CT molecular complexity index is 1030. The Balaban J connectivity index is 2.18. The second-order valence-corrected chi connectivity index (χ2v) is 6.88. The number of nitrogens with two attached hydrogens (primary N) is 1. The van der Waals surface area contributed by atoms with Crippen LogP contribution in [0.1, 0.15) is 20.1 Å². The summed E-state index contributed by atoms with van der Waals surface area (Å²) >= 11 is 0. The van der Waals surface area contributed by atoms with E-state index >= 15 is 0 Å². The molecule has 3 heterocycles. The lowest BCUT2D eigenvalue weighted by Gasteiger charge is -2.23. The molecule has 28 heavy (non-hydrogen) atoms. The van der Waals surface area contributed by atoms with Gasteiger partial charge in [0, 0.05) is 6.08 Å². The number of aromatic nitrogens is 4. The molecule has 0 radical (unpaired) electrons. The second kappa shape index (κ2) is 6.97. The maximum absolute atomic E-state index is 12.9. The number of hydrogen-bond donors (Lipinski definition) is 5. The monoisotopic (exact) mass is 392 g/mol. The van der Waals surface area contributed by atoms with Gasteiger partial charge in [0.25, 0.3) is 5.56 Å². The molecular formula is C16H20N6O6. The molecule has 2 aromatic heterocycles. The number of allylic oxidation sites excluding steroid dienone is 1. The van der Waals surface area contributed by atoms with Gasteiger partial charge in [0.05, 0.1) is 24.7 Å². The van der Waals surface area contributed by atoms with Crippen LogP contribution in [0.4, 0.5) is 5.95 Å². The van der Waals surface area contributed by atoms with Crippen LogP contribution in [0.25, 0.3) is 16.9 Å². The van der Waals surface area contributed by atoms with Crippen molar-refractivity contribution in [2.24, 2.45) is 0 Å². The van der Waals surface area contributed by atoms with Crippen molar-refractivity contribution in [1.29, 1.82) is 5.26 Å². The molecule has 0 spiro atoms. The fourth-order valence-corrected chi connectivity index (χ4v) is 3.09. The van der Waals surface area contributed by atoms with Gasteiger partial charge in [-0.2, -0.15) is 10.2 Å². The number of aliphatic hydroxyl groups excluding tert-OH is 3. The molecule has 2 aromatic rings. The SMILES string of the molecule is CC(C)(O)/C(=C/C#N)n1c(N)nc2c(ncn2[C@H]2O[C@@H](CO)C(O)C2O)c1=O. The van der Waals surface area contributed by atoms with E-state index in [1.54, 1.807) is 6.07 Å². The van der Waals surface area contributed by atoms with Crippen molar-refractivity contribution in [3.05, 3.63) is 22.8 Å². The molecule has 0 bridgehead atoms. The van der Waals surface area contributed by atoms with E-state index in [1.165, 1.54) is 24.7 Å². The maximum atomic E-state index is 12.9. The van der Waals surface area contributed by atoms with Crippen molar-refractivity contribution in [2.75, 3.05) is 12.3 Å². The Labute approximate surface area is 158 Å². The third-order valence-electron chi connectivity index (χ3n) is 4.48. The molecule has 1 aliphatic rings. The number of rotatable bonds is 4. The van der Waals surface area contributed by atoms with Crippen molar-refractivity contribution in [3.8, 4) is 6.07 Å². The molecule has 2 unspecified atom stereocenters. The summed E-state index contributed by atoms with van der Waals surface area (Å²) < 4.78 is 7.52. The quantitative estimate of drug-likeness (QED) is 0.361. The molecule has 0 aromatic carbocycles. The van der Waals surface area contributed by atoms with Crippen LogP contribution < -0.4 is 11.3 Å². The standard InChI is InChI=1S/C16H20N6O6/c1-16(2,27)8(3-4-17)22-13(26)9-12(20-15(22)18)21(6-19-9)14-11(25)10(24)7(5-23)28-14/h3,6-7,10-11,14,23-25,27H,5H2,1-2H3,(H2,18,20)/b8-3-/t7-,10?,11?,14-/m0/s1. The van der Waals surface area contributed by atoms with Crippen molar-refractivity contribution in [2.45, 2.75) is 44.0 Å². The van der Waals surface area contributed by atoms with Crippen LogP contribution in [0, 0.1) is 11.3 Å². The third kappa shape index (κ3) is 3.05. The molecule has 0 amide bonds. The van der Waals surface area contributed by atoms with Crippen LogP contribution in [-0.4, -0.2) is 70.0 Å². The Hall–Kier alpha value is -2.82. The highest BCUT2D eigenvalue weighted by Crippen LogP contribution is 2.31. The average molecular weight is 392 g/mol. The third-order valence-corrected chi connectivity index (χ3v) is 4.48. The fourth-order valence-electron chi connectivity index (χ4n) is 3.09. The molecule has 12 heteroatoms. The van der Waals surface area contributed by atoms with Crippen LogP contribution >= 0.6 is 0 Å². The predicted octanol–water partition coefficient (Wildman–Crippen LogP) is -2.08. The van der Waals surface area contributed by atoms with Gasteiger partial charge in [0.2, 0.25) is 5.95 Å². The first-order valence-electron chi connectivity index (χ1n) is 8.32. The van der Waals surface area contributed by atoms with Crippen LogP contribution in [0.15, 0.2) is 17.2 Å². The maximum Gasteiger partial charge on any atom is 0.287 e. The molecule has 1 aliphatic heterocycles. The average Bonchev–Trinajstić information content (AvgIpc) is 3.15. The first-order valence-corrected chi connectivity index (χ1v) is 8.32. The second-order valence-electron chi connectivity index (χ2n) is 6.88. The van der Waals surface area contributed by atoms with E-state index < -0.39 is 42.3 Å². The van der Waals surface area contributed by atoms with Crippen LogP contribution in [0.3, 0.4) is 0 Å². The number of fused-ring (bicyclic) bond motifs is 1. The zero-order valence-corrected chi connectivity index (χ0v) is 15.1. The minimum Gasteiger partial charge on any atom is -0.394 e. The van der Waals surface area contributed by atoms with E-state index in [4.69, 9.17) is 15.7 Å². The van der Waals surface area contributed by atoms with Gasteiger partial charge in [0.1, 0.15) is 23.9 Å². The summed E-state index contributed by atoms with van der Waals surface area (Å²) in [5, 5.41) is 48.6. The van der Waals surface area contributed by atoms with Gasteiger partial charge >= 0.3 is 0 Å². The Morgan fingerprint density at radius 3 is 2.68 bits per heavy atom. The first kappa shape index (κ1) is 19.9. The van der Waals surface area contributed by atoms with Gasteiger partial charge < -0.3 is 30.9 Å². The van der Waals surface area contributed by atoms with Gasteiger partial charge in [-0.25, -0.2) is 9.55 Å². The minimum atomic E-state index is -1.57. The summed E-state index contributed by atoms with van der Waals surface area (Å²) in [5.74, 6) is -0.324. The number of aliphatic hydroxyl groups is 4. The molecule has 4 atom stereocenters. The summed E-state index contributed by atoms with van der Waals surface area (Å²) in [6.07, 6.45) is -2.75. The number of imidazole rings is 1. The lowest BCUT2D eigenvalue weighted by atomic mass is 10.0. The zero-order valence-electron chi connectivity index (χ0n) is 15.1. The van der Waals surface area contributed by atoms with Gasteiger partial charge in [-0.15, -0.1) is 0 Å². The largest absolute Gasteiger partial charge is 0.394 e. The number of anilines is 1. The van der Waals surface area contributed by atoms with Crippen molar-refractivity contribution in [1.82, 2.24) is 19.1 Å². The van der Waals surface area contributed by atoms with Crippen LogP contribution in [-0.2, 0) is 4.74 Å². The van der Waals surface area contributed by atoms with E-state index in [9.17, 15) is 25.2 Å². The highest BCUT2D eigenvalue weighted by atomic mass is 16.6. The number of nitriles is 1. The van der Waals surface area contributed by atoms with E-state index in [0.29, 0.717) is 0 Å². The van der Waals surface area contributed by atoms with Crippen molar-refractivity contribution >= 4 is 22.8 Å². The van der Waals surface area contributed by atoms with Gasteiger partial charge in [-0.05, 0) is 13.8 Å². The summed E-state index contributed by atoms with van der Waals surface area (Å²) in [6, 6.07) is 1.75. The highest BCUT2D eigenvalue weighted by molar-refractivity contribution is 5.74. The molecule has 0 saturated carbocycles. The van der Waals surface area contributed by atoms with Crippen molar-refractivity contribution in [3.63, 3.8) is 0 Å². The molecule has 12 nitrogen and oxygen atoms in total. The van der Waals surface area contributed by atoms with Gasteiger partial charge in [-0.3, -0.25) is 9.36 Å². The smallest absolute Gasteiger partial charge is 0.287 e. The lowest BCUT2D eigenvalue weighted by Crippen LogP contribution is -2.34. The molecule has 3 rings (SSSR count). The highest BCUT2D eigenvalue weighted by Gasteiger charge is 2.44. The molecule has 1 saturated heterocycles. The minimum absolute atomic E-state index is 0.0272. The summed E-state index contributed by atoms with van der Waals surface area (Å²) in [7, 11) is 0. The normalized spacial score (nSPS) is 26.0. The van der Waals surface area contributed by atoms with E-state index in [0.717, 1.165) is 10.6 Å². The number of hydrogen-bond acceptors (Lipinski definition) is 10. The molecule has 1 fully saturated rings. The van der Waals surface area contributed by atoms with E-state index in [2.05, 4.69) is 9.97 Å². The number of nitrogens with zero attached hydrogens (tertiary/aromatic N) is 5. The first-order chi connectivity index (χ1) is 13.1.